The van der Waals surface area contributed by atoms with Crippen molar-refractivity contribution in [3.63, 3.8) is 0 Å². The molecule has 138 valence electrons. The molecule has 0 aliphatic heterocycles. The molecule has 0 spiro atoms. The van der Waals surface area contributed by atoms with Crippen molar-refractivity contribution in [1.29, 1.82) is 0 Å². The van der Waals surface area contributed by atoms with E-state index in [1.165, 1.54) is 5.69 Å². The lowest BCUT2D eigenvalue weighted by molar-refractivity contribution is -0.123. The van der Waals surface area contributed by atoms with E-state index in [0.717, 1.165) is 35.5 Å². The predicted octanol–water partition coefficient (Wildman–Crippen LogP) is 3.68. The van der Waals surface area contributed by atoms with Gasteiger partial charge in [0.2, 0.25) is 0 Å². The van der Waals surface area contributed by atoms with Gasteiger partial charge in [-0.25, -0.2) is 5.43 Å². The molecule has 5 nitrogen and oxygen atoms in total. The number of carbonyl (C=O) groups excluding carboxylic acids is 1. The smallest absolute Gasteiger partial charge is 0.277 e. The highest BCUT2D eigenvalue weighted by Gasteiger charge is 2.04. The van der Waals surface area contributed by atoms with E-state index in [1.807, 2.05) is 44.2 Å². The van der Waals surface area contributed by atoms with Gasteiger partial charge in [0, 0.05) is 18.8 Å². The topological polar surface area (TPSA) is 53.9 Å². The molecule has 1 N–H and O–H groups in total. The van der Waals surface area contributed by atoms with Crippen molar-refractivity contribution in [3.8, 4) is 5.75 Å². The lowest BCUT2D eigenvalue weighted by Gasteiger charge is -2.20. The molecule has 0 heterocycles. The molecule has 0 saturated carbocycles. The monoisotopic (exact) mass is 353 g/mol. The number of anilines is 1. The van der Waals surface area contributed by atoms with Crippen molar-refractivity contribution < 1.29 is 9.53 Å². The van der Waals surface area contributed by atoms with E-state index in [1.54, 1.807) is 6.21 Å². The van der Waals surface area contributed by atoms with Gasteiger partial charge >= 0.3 is 0 Å². The number of hydrogen-bond acceptors (Lipinski definition) is 4. The van der Waals surface area contributed by atoms with Gasteiger partial charge in [-0.2, -0.15) is 5.10 Å². The number of ether oxygens (including phenoxy) is 1. The van der Waals surface area contributed by atoms with Crippen LogP contribution in [0.25, 0.3) is 0 Å². The van der Waals surface area contributed by atoms with Gasteiger partial charge in [-0.05, 0) is 62.6 Å². The minimum absolute atomic E-state index is 0.0669. The number of hydrazone groups is 1. The minimum atomic E-state index is -0.290. The second-order valence-corrected chi connectivity index (χ2v) is 6.11. The fourth-order valence-electron chi connectivity index (χ4n) is 2.58. The van der Waals surface area contributed by atoms with E-state index in [-0.39, 0.29) is 12.5 Å². The third-order valence-corrected chi connectivity index (χ3v) is 4.13. The first-order valence-corrected chi connectivity index (χ1v) is 8.90. The number of aryl methyl sites for hydroxylation is 2. The second kappa shape index (κ2) is 9.61. The number of rotatable bonds is 8. The second-order valence-electron chi connectivity index (χ2n) is 6.11. The summed E-state index contributed by atoms with van der Waals surface area (Å²) in [5.41, 5.74) is 6.69. The largest absolute Gasteiger partial charge is 0.483 e. The van der Waals surface area contributed by atoms with Crippen molar-refractivity contribution >= 4 is 17.8 Å². The number of benzene rings is 2. The molecule has 0 fully saturated rings. The number of nitrogens with zero attached hydrogens (tertiary/aromatic N) is 2. The summed E-state index contributed by atoms with van der Waals surface area (Å²) in [5.74, 6) is 0.429. The third-order valence-electron chi connectivity index (χ3n) is 4.13. The summed E-state index contributed by atoms with van der Waals surface area (Å²) in [5, 5.41) is 3.99. The van der Waals surface area contributed by atoms with Crippen molar-refractivity contribution in [2.45, 2.75) is 27.7 Å². The SMILES string of the molecule is CCN(CC)c1ccc(/C=N/NC(=O)COc2cc(C)ccc2C)cc1. The summed E-state index contributed by atoms with van der Waals surface area (Å²) < 4.78 is 5.56. The molecule has 0 bridgehead atoms. The van der Waals surface area contributed by atoms with Crippen LogP contribution < -0.4 is 15.1 Å². The van der Waals surface area contributed by atoms with Crippen LogP contribution in [0.2, 0.25) is 0 Å². The Morgan fingerprint density at radius 3 is 2.46 bits per heavy atom. The summed E-state index contributed by atoms with van der Waals surface area (Å²) in [6, 6.07) is 14.0. The Bertz CT molecular complexity index is 750. The van der Waals surface area contributed by atoms with Crippen LogP contribution in [0.15, 0.2) is 47.6 Å². The van der Waals surface area contributed by atoms with E-state index >= 15 is 0 Å². The number of carbonyl (C=O) groups is 1. The molecule has 5 heteroatoms. The van der Waals surface area contributed by atoms with Crippen LogP contribution in [0.1, 0.15) is 30.5 Å². The first kappa shape index (κ1) is 19.5. The molecule has 2 aromatic carbocycles. The van der Waals surface area contributed by atoms with Gasteiger partial charge in [0.25, 0.3) is 5.91 Å². The van der Waals surface area contributed by atoms with Crippen LogP contribution in [0, 0.1) is 13.8 Å². The molecule has 0 saturated heterocycles. The maximum absolute atomic E-state index is 11.9. The van der Waals surface area contributed by atoms with E-state index < -0.39 is 0 Å². The minimum Gasteiger partial charge on any atom is -0.483 e. The van der Waals surface area contributed by atoms with Crippen LogP contribution in [-0.2, 0) is 4.79 Å². The van der Waals surface area contributed by atoms with Crippen LogP contribution in [0.4, 0.5) is 5.69 Å². The Labute approximate surface area is 155 Å². The zero-order valence-corrected chi connectivity index (χ0v) is 16.0. The summed E-state index contributed by atoms with van der Waals surface area (Å²) in [6.45, 7) is 10.1. The quantitative estimate of drug-likeness (QED) is 0.582. The Hall–Kier alpha value is -2.82. The average molecular weight is 353 g/mol. The molecule has 0 aliphatic carbocycles. The molecular weight excluding hydrogens is 326 g/mol. The van der Waals surface area contributed by atoms with Crippen LogP contribution in [0.3, 0.4) is 0 Å². The van der Waals surface area contributed by atoms with Gasteiger partial charge < -0.3 is 9.64 Å². The fourth-order valence-corrected chi connectivity index (χ4v) is 2.58. The highest BCUT2D eigenvalue weighted by molar-refractivity contribution is 5.83. The summed E-state index contributed by atoms with van der Waals surface area (Å²) in [4.78, 5) is 14.1. The average Bonchev–Trinajstić information content (AvgIpc) is 2.64. The first-order chi connectivity index (χ1) is 12.5. The van der Waals surface area contributed by atoms with Crippen LogP contribution in [-0.4, -0.2) is 31.8 Å². The molecule has 0 radical (unpaired) electrons. The Balaban J connectivity index is 1.84. The zero-order chi connectivity index (χ0) is 18.9. The van der Waals surface area contributed by atoms with E-state index in [0.29, 0.717) is 0 Å². The lowest BCUT2D eigenvalue weighted by Crippen LogP contribution is -2.24. The maximum Gasteiger partial charge on any atom is 0.277 e. The van der Waals surface area contributed by atoms with Crippen LogP contribution in [0.5, 0.6) is 5.75 Å². The molecule has 1 amide bonds. The normalized spacial score (nSPS) is 10.8. The highest BCUT2D eigenvalue weighted by atomic mass is 16.5. The van der Waals surface area contributed by atoms with Gasteiger partial charge in [0.15, 0.2) is 6.61 Å². The predicted molar refractivity (Wildman–Crippen MR) is 107 cm³/mol. The van der Waals surface area contributed by atoms with Gasteiger partial charge in [0.1, 0.15) is 5.75 Å². The Kier molecular flexibility index (Phi) is 7.21. The van der Waals surface area contributed by atoms with Crippen molar-refractivity contribution in [2.75, 3.05) is 24.6 Å². The van der Waals surface area contributed by atoms with Crippen molar-refractivity contribution in [2.24, 2.45) is 5.10 Å². The van der Waals surface area contributed by atoms with E-state index in [9.17, 15) is 4.79 Å². The van der Waals surface area contributed by atoms with Gasteiger partial charge in [-0.15, -0.1) is 0 Å². The Morgan fingerprint density at radius 1 is 1.12 bits per heavy atom. The van der Waals surface area contributed by atoms with Gasteiger partial charge in [-0.1, -0.05) is 24.3 Å². The van der Waals surface area contributed by atoms with Gasteiger partial charge in [0.05, 0.1) is 6.21 Å². The maximum atomic E-state index is 11.9. The van der Waals surface area contributed by atoms with Gasteiger partial charge in [-0.3, -0.25) is 4.79 Å². The summed E-state index contributed by atoms with van der Waals surface area (Å²) in [6.07, 6.45) is 1.63. The molecule has 2 rings (SSSR count). The van der Waals surface area contributed by atoms with Crippen molar-refractivity contribution in [3.05, 3.63) is 59.2 Å². The molecule has 26 heavy (non-hydrogen) atoms. The molecular formula is C21H27N3O2. The molecule has 0 atom stereocenters. The van der Waals surface area contributed by atoms with Crippen molar-refractivity contribution in [1.82, 2.24) is 5.43 Å². The summed E-state index contributed by atoms with van der Waals surface area (Å²) in [7, 11) is 0. The number of hydrogen-bond donors (Lipinski definition) is 1. The molecule has 0 aromatic heterocycles. The Morgan fingerprint density at radius 2 is 1.81 bits per heavy atom. The molecule has 2 aromatic rings. The standard InChI is InChI=1S/C21H27N3O2/c1-5-24(6-2)19-11-9-18(10-12-19)14-22-23-21(25)15-26-20-13-16(3)7-8-17(20)4/h7-14H,5-6,15H2,1-4H3,(H,23,25)/b22-14+. The highest BCUT2D eigenvalue weighted by Crippen LogP contribution is 2.18. The van der Waals surface area contributed by atoms with E-state index in [2.05, 4.69) is 41.4 Å². The first-order valence-electron chi connectivity index (χ1n) is 8.90. The number of nitrogens with one attached hydrogen (secondary N) is 1. The summed E-state index contributed by atoms with van der Waals surface area (Å²) >= 11 is 0. The number of amides is 1. The van der Waals surface area contributed by atoms with Crippen LogP contribution >= 0.6 is 0 Å². The molecule has 0 unspecified atom stereocenters. The fraction of sp³-hybridized carbons (Fsp3) is 0.333. The third kappa shape index (κ3) is 5.62. The molecule has 0 aliphatic rings. The lowest BCUT2D eigenvalue weighted by atomic mass is 10.1. The zero-order valence-electron chi connectivity index (χ0n) is 16.0. The van der Waals surface area contributed by atoms with E-state index in [4.69, 9.17) is 4.74 Å².